The Bertz CT molecular complexity index is 978. The molecule has 1 amide bonds. The highest BCUT2D eigenvalue weighted by atomic mass is 35.5. The molecule has 1 aromatic carbocycles. The van der Waals surface area contributed by atoms with Gasteiger partial charge in [0.2, 0.25) is 0 Å². The van der Waals surface area contributed by atoms with Crippen LogP contribution in [0.4, 0.5) is 15.9 Å². The van der Waals surface area contributed by atoms with Gasteiger partial charge >= 0.3 is 0 Å². The second-order valence-electron chi connectivity index (χ2n) is 6.44. The number of nitrogens with one attached hydrogen (secondary N) is 2. The maximum absolute atomic E-state index is 13.3. The van der Waals surface area contributed by atoms with Crippen LogP contribution in [-0.4, -0.2) is 47.5 Å². The molecule has 6 nitrogen and oxygen atoms in total. The number of carbonyl (C=O) groups is 1. The number of aromatic nitrogens is 2. The zero-order chi connectivity index (χ0) is 19.6. The van der Waals surface area contributed by atoms with Crippen LogP contribution in [0.3, 0.4) is 0 Å². The number of nitrogens with zero attached hydrogens (tertiary/aromatic N) is 3. The summed E-state index contributed by atoms with van der Waals surface area (Å²) in [4.78, 5) is 24.2. The molecule has 0 fully saturated rings. The molecule has 27 heavy (non-hydrogen) atoms. The van der Waals surface area contributed by atoms with Gasteiger partial charge in [-0.3, -0.25) is 4.79 Å². The lowest BCUT2D eigenvalue weighted by atomic mass is 10.2. The minimum absolute atomic E-state index is 0.0164. The highest BCUT2D eigenvalue weighted by molar-refractivity contribution is 7.20. The third kappa shape index (κ3) is 4.71. The summed E-state index contributed by atoms with van der Waals surface area (Å²) in [5.41, 5.74) is 0.596. The van der Waals surface area contributed by atoms with Crippen LogP contribution in [0.15, 0.2) is 30.6 Å². The first-order valence-corrected chi connectivity index (χ1v) is 9.45. The Morgan fingerprint density at radius 2 is 2.11 bits per heavy atom. The van der Waals surface area contributed by atoms with E-state index in [-0.39, 0.29) is 17.0 Å². The van der Waals surface area contributed by atoms with Crippen molar-refractivity contribution in [2.75, 3.05) is 26.0 Å². The van der Waals surface area contributed by atoms with Crippen LogP contribution in [0, 0.1) is 5.82 Å². The van der Waals surface area contributed by atoms with Crippen molar-refractivity contribution >= 4 is 50.6 Å². The van der Waals surface area contributed by atoms with Crippen LogP contribution in [0.2, 0.25) is 5.02 Å². The second-order valence-corrected chi connectivity index (χ2v) is 7.88. The molecule has 3 rings (SSSR count). The lowest BCUT2D eigenvalue weighted by molar-refractivity contribution is 0.0938. The number of amides is 1. The number of likely N-dealkylation sites (N-methyl/N-ethyl adjacent to an activating group) is 1. The van der Waals surface area contributed by atoms with Crippen LogP contribution < -0.4 is 10.6 Å². The number of halogens is 2. The van der Waals surface area contributed by atoms with E-state index in [2.05, 4.69) is 20.6 Å². The Morgan fingerprint density at radius 1 is 1.33 bits per heavy atom. The van der Waals surface area contributed by atoms with E-state index in [0.717, 1.165) is 6.54 Å². The van der Waals surface area contributed by atoms with Gasteiger partial charge in [0.15, 0.2) is 0 Å². The van der Waals surface area contributed by atoms with Crippen LogP contribution in [-0.2, 0) is 0 Å². The molecule has 142 valence electrons. The molecule has 0 radical (unpaired) electrons. The number of benzene rings is 1. The number of anilines is 2. The molecular formula is C18H19ClFN5OS. The topological polar surface area (TPSA) is 70.2 Å². The minimum Gasteiger partial charge on any atom is -0.348 e. The Balaban J connectivity index is 1.84. The average Bonchev–Trinajstić information content (AvgIpc) is 3.03. The van der Waals surface area contributed by atoms with E-state index in [9.17, 15) is 9.18 Å². The lowest BCUT2D eigenvalue weighted by Crippen LogP contribution is -2.39. The fourth-order valence-corrected chi connectivity index (χ4v) is 3.75. The SMILES string of the molecule is CC(CN(C)C)NC(=O)c1cc2c(Nc3ccc(F)c(Cl)c3)ncnc2s1. The summed E-state index contributed by atoms with van der Waals surface area (Å²) in [6.45, 7) is 2.70. The maximum atomic E-state index is 13.3. The molecular weight excluding hydrogens is 389 g/mol. The molecule has 0 aliphatic carbocycles. The summed E-state index contributed by atoms with van der Waals surface area (Å²) in [5.74, 6) is -0.112. The largest absolute Gasteiger partial charge is 0.348 e. The lowest BCUT2D eigenvalue weighted by Gasteiger charge is -2.17. The van der Waals surface area contributed by atoms with E-state index in [1.54, 1.807) is 12.1 Å². The predicted molar refractivity (Wildman–Crippen MR) is 108 cm³/mol. The number of carbonyl (C=O) groups excluding carboxylic acids is 1. The third-order valence-corrected chi connectivity index (χ3v) is 5.08. The van der Waals surface area contributed by atoms with Crippen molar-refractivity contribution in [2.45, 2.75) is 13.0 Å². The van der Waals surface area contributed by atoms with Crippen LogP contribution in [0.1, 0.15) is 16.6 Å². The first-order chi connectivity index (χ1) is 12.8. The Hall–Kier alpha value is -2.29. The Kier molecular flexibility index (Phi) is 5.88. The molecule has 9 heteroatoms. The van der Waals surface area contributed by atoms with Crippen LogP contribution >= 0.6 is 22.9 Å². The quantitative estimate of drug-likeness (QED) is 0.648. The van der Waals surface area contributed by atoms with Crippen molar-refractivity contribution in [1.29, 1.82) is 0 Å². The van der Waals surface area contributed by atoms with E-state index in [1.165, 1.54) is 29.8 Å². The molecule has 2 heterocycles. The van der Waals surface area contributed by atoms with Gasteiger partial charge in [0, 0.05) is 18.3 Å². The zero-order valence-electron chi connectivity index (χ0n) is 15.1. The summed E-state index contributed by atoms with van der Waals surface area (Å²) in [5, 5.41) is 6.81. The summed E-state index contributed by atoms with van der Waals surface area (Å²) < 4.78 is 13.3. The molecule has 0 bridgehead atoms. The number of hydrogen-bond donors (Lipinski definition) is 2. The highest BCUT2D eigenvalue weighted by Gasteiger charge is 2.16. The monoisotopic (exact) mass is 407 g/mol. The number of fused-ring (bicyclic) bond motifs is 1. The van der Waals surface area contributed by atoms with Crippen molar-refractivity contribution in [2.24, 2.45) is 0 Å². The number of rotatable bonds is 6. The van der Waals surface area contributed by atoms with Gasteiger partial charge in [-0.15, -0.1) is 11.3 Å². The zero-order valence-corrected chi connectivity index (χ0v) is 16.7. The van der Waals surface area contributed by atoms with Gasteiger partial charge in [0.1, 0.15) is 22.8 Å². The van der Waals surface area contributed by atoms with Gasteiger partial charge in [-0.25, -0.2) is 14.4 Å². The predicted octanol–water partition coefficient (Wildman–Crippen LogP) is 3.91. The fourth-order valence-electron chi connectivity index (χ4n) is 2.67. The molecule has 0 spiro atoms. The maximum Gasteiger partial charge on any atom is 0.261 e. The third-order valence-electron chi connectivity index (χ3n) is 3.75. The van der Waals surface area contributed by atoms with E-state index >= 15 is 0 Å². The van der Waals surface area contributed by atoms with Gasteiger partial charge < -0.3 is 15.5 Å². The molecule has 2 aromatic heterocycles. The molecule has 1 unspecified atom stereocenters. The second kappa shape index (κ2) is 8.16. The van der Waals surface area contributed by atoms with Crippen molar-refractivity contribution in [3.63, 3.8) is 0 Å². The first kappa shape index (κ1) is 19.5. The van der Waals surface area contributed by atoms with Crippen LogP contribution in [0.5, 0.6) is 0 Å². The summed E-state index contributed by atoms with van der Waals surface area (Å²) in [7, 11) is 3.91. The van der Waals surface area contributed by atoms with Gasteiger partial charge in [0.05, 0.1) is 15.3 Å². The average molecular weight is 408 g/mol. The number of hydrogen-bond acceptors (Lipinski definition) is 6. The van der Waals surface area contributed by atoms with Crippen molar-refractivity contribution in [1.82, 2.24) is 20.2 Å². The summed E-state index contributed by atoms with van der Waals surface area (Å²) in [6.07, 6.45) is 1.42. The Labute approximate surface area is 165 Å². The standard InChI is InChI=1S/C18H19ClFN5OS/c1-10(8-25(2)3)23-17(26)15-7-12-16(21-9-22-18(12)27-15)24-11-4-5-14(20)13(19)6-11/h4-7,9-10H,8H2,1-3H3,(H,23,26)(H,21,22,24). The van der Waals surface area contributed by atoms with Crippen molar-refractivity contribution in [3.8, 4) is 0 Å². The smallest absolute Gasteiger partial charge is 0.261 e. The van der Waals surface area contributed by atoms with Crippen molar-refractivity contribution < 1.29 is 9.18 Å². The number of thiophene rings is 1. The van der Waals surface area contributed by atoms with Gasteiger partial charge in [-0.1, -0.05) is 11.6 Å². The Morgan fingerprint density at radius 3 is 2.81 bits per heavy atom. The summed E-state index contributed by atoms with van der Waals surface area (Å²) >= 11 is 7.12. The molecule has 0 saturated heterocycles. The fraction of sp³-hybridized carbons (Fsp3) is 0.278. The highest BCUT2D eigenvalue weighted by Crippen LogP contribution is 2.30. The van der Waals surface area contributed by atoms with E-state index in [1.807, 2.05) is 25.9 Å². The molecule has 1 atom stereocenters. The molecule has 0 aliphatic heterocycles. The van der Waals surface area contributed by atoms with Gasteiger partial charge in [-0.2, -0.15) is 0 Å². The molecule has 3 aromatic rings. The van der Waals surface area contributed by atoms with Gasteiger partial charge in [-0.05, 0) is 45.3 Å². The van der Waals surface area contributed by atoms with Crippen molar-refractivity contribution in [3.05, 3.63) is 46.3 Å². The molecule has 2 N–H and O–H groups in total. The first-order valence-electron chi connectivity index (χ1n) is 8.25. The normalized spacial score (nSPS) is 12.4. The minimum atomic E-state index is -0.489. The van der Waals surface area contributed by atoms with E-state index in [4.69, 9.17) is 11.6 Å². The molecule has 0 saturated carbocycles. The summed E-state index contributed by atoms with van der Waals surface area (Å²) in [6, 6.07) is 6.10. The van der Waals surface area contributed by atoms with Gasteiger partial charge in [0.25, 0.3) is 5.91 Å². The van der Waals surface area contributed by atoms with E-state index < -0.39 is 5.82 Å². The molecule has 0 aliphatic rings. The van der Waals surface area contributed by atoms with Crippen LogP contribution in [0.25, 0.3) is 10.2 Å². The van der Waals surface area contributed by atoms with E-state index in [0.29, 0.717) is 26.6 Å².